The number of halogens is 2. The molecule has 0 spiro atoms. The Morgan fingerprint density at radius 1 is 1.13 bits per heavy atom. The highest BCUT2D eigenvalue weighted by atomic mass is 79.9. The van der Waals surface area contributed by atoms with Crippen LogP contribution >= 0.6 is 15.9 Å². The molecule has 116 valence electrons. The van der Waals surface area contributed by atoms with Crippen LogP contribution in [0.25, 0.3) is 0 Å². The predicted octanol–water partition coefficient (Wildman–Crippen LogP) is 4.09. The molecule has 4 nitrogen and oxygen atoms in total. The Morgan fingerprint density at radius 2 is 1.87 bits per heavy atom. The number of carbonyl (C=O) groups excluding carboxylic acids is 1. The maximum Gasteiger partial charge on any atom is 0.259 e. The largest absolute Gasteiger partial charge is 0.307 e. The third kappa shape index (κ3) is 3.65. The molecule has 0 atom stereocenters. The summed E-state index contributed by atoms with van der Waals surface area (Å²) < 4.78 is 16.3. The van der Waals surface area contributed by atoms with Gasteiger partial charge in [-0.2, -0.15) is 5.10 Å². The van der Waals surface area contributed by atoms with E-state index in [1.165, 1.54) is 12.1 Å². The van der Waals surface area contributed by atoms with E-state index in [0.29, 0.717) is 12.4 Å². The van der Waals surface area contributed by atoms with Gasteiger partial charge in [0, 0.05) is 10.5 Å². The van der Waals surface area contributed by atoms with Crippen LogP contribution in [-0.2, 0) is 6.54 Å². The monoisotopic (exact) mass is 373 g/mol. The lowest BCUT2D eigenvalue weighted by Crippen LogP contribution is -2.17. The zero-order chi connectivity index (χ0) is 16.2. The molecule has 0 aliphatic heterocycles. The Balaban J connectivity index is 1.77. The SMILES string of the molecule is O=C(Nc1ccnn1Cc1ccc(Br)cc1)c1ccccc1F. The molecular formula is C17H13BrFN3O. The summed E-state index contributed by atoms with van der Waals surface area (Å²) in [5, 5.41) is 6.89. The lowest BCUT2D eigenvalue weighted by molar-refractivity contribution is 0.102. The van der Waals surface area contributed by atoms with Crippen molar-refractivity contribution in [1.29, 1.82) is 0 Å². The average molecular weight is 374 g/mol. The zero-order valence-corrected chi connectivity index (χ0v) is 13.6. The van der Waals surface area contributed by atoms with Crippen molar-refractivity contribution >= 4 is 27.7 Å². The number of hydrogen-bond donors (Lipinski definition) is 1. The number of carbonyl (C=O) groups is 1. The van der Waals surface area contributed by atoms with E-state index in [-0.39, 0.29) is 5.56 Å². The number of amides is 1. The summed E-state index contributed by atoms with van der Waals surface area (Å²) in [6, 6.07) is 15.4. The topological polar surface area (TPSA) is 46.9 Å². The van der Waals surface area contributed by atoms with Gasteiger partial charge in [0.05, 0.1) is 18.3 Å². The number of nitrogens with one attached hydrogen (secondary N) is 1. The Labute approximate surface area is 141 Å². The maximum atomic E-state index is 13.7. The molecule has 1 heterocycles. The van der Waals surface area contributed by atoms with Crippen LogP contribution in [0.5, 0.6) is 0 Å². The average Bonchev–Trinajstić information content (AvgIpc) is 2.97. The fourth-order valence-corrected chi connectivity index (χ4v) is 2.42. The van der Waals surface area contributed by atoms with Gasteiger partial charge in [0.1, 0.15) is 11.6 Å². The molecule has 23 heavy (non-hydrogen) atoms. The van der Waals surface area contributed by atoms with Gasteiger partial charge < -0.3 is 5.32 Å². The lowest BCUT2D eigenvalue weighted by Gasteiger charge is -2.09. The highest BCUT2D eigenvalue weighted by molar-refractivity contribution is 9.10. The minimum Gasteiger partial charge on any atom is -0.307 e. The number of benzene rings is 2. The minimum absolute atomic E-state index is 0.00360. The molecule has 0 unspecified atom stereocenters. The molecule has 3 aromatic rings. The minimum atomic E-state index is -0.552. The first-order valence-corrected chi connectivity index (χ1v) is 7.75. The van der Waals surface area contributed by atoms with E-state index >= 15 is 0 Å². The molecule has 0 radical (unpaired) electrons. The van der Waals surface area contributed by atoms with Crippen LogP contribution in [0.3, 0.4) is 0 Å². The van der Waals surface area contributed by atoms with E-state index in [9.17, 15) is 9.18 Å². The summed E-state index contributed by atoms with van der Waals surface area (Å²) in [5.41, 5.74) is 1.04. The summed E-state index contributed by atoms with van der Waals surface area (Å²) in [4.78, 5) is 12.2. The van der Waals surface area contributed by atoms with E-state index < -0.39 is 11.7 Å². The van der Waals surface area contributed by atoms with Crippen molar-refractivity contribution in [1.82, 2.24) is 9.78 Å². The number of nitrogens with zero attached hydrogens (tertiary/aromatic N) is 2. The third-order valence-electron chi connectivity index (χ3n) is 3.32. The lowest BCUT2D eigenvalue weighted by atomic mass is 10.2. The van der Waals surface area contributed by atoms with Crippen molar-refractivity contribution in [3.63, 3.8) is 0 Å². The second kappa shape index (κ2) is 6.75. The van der Waals surface area contributed by atoms with Gasteiger partial charge in [-0.1, -0.05) is 40.2 Å². The van der Waals surface area contributed by atoms with E-state index in [4.69, 9.17) is 0 Å². The molecule has 0 saturated carbocycles. The van der Waals surface area contributed by atoms with Crippen molar-refractivity contribution < 1.29 is 9.18 Å². The Hall–Kier alpha value is -2.47. The summed E-state index contributed by atoms with van der Waals surface area (Å²) in [6.45, 7) is 0.507. The van der Waals surface area contributed by atoms with Crippen LogP contribution in [0, 0.1) is 5.82 Å². The van der Waals surface area contributed by atoms with Crippen molar-refractivity contribution in [3.8, 4) is 0 Å². The Morgan fingerprint density at radius 3 is 2.61 bits per heavy atom. The van der Waals surface area contributed by atoms with Crippen LogP contribution < -0.4 is 5.32 Å². The van der Waals surface area contributed by atoms with Crippen molar-refractivity contribution in [2.75, 3.05) is 5.32 Å². The van der Waals surface area contributed by atoms with Crippen LogP contribution in [0.1, 0.15) is 15.9 Å². The van der Waals surface area contributed by atoms with Gasteiger partial charge >= 0.3 is 0 Å². The molecule has 2 aromatic carbocycles. The Bertz CT molecular complexity index is 830. The van der Waals surface area contributed by atoms with Crippen molar-refractivity contribution in [3.05, 3.63) is 82.2 Å². The molecule has 6 heteroatoms. The second-order valence-corrected chi connectivity index (χ2v) is 5.85. The Kier molecular flexibility index (Phi) is 4.52. The van der Waals surface area contributed by atoms with Crippen molar-refractivity contribution in [2.24, 2.45) is 0 Å². The van der Waals surface area contributed by atoms with Crippen LogP contribution in [0.4, 0.5) is 10.2 Å². The zero-order valence-electron chi connectivity index (χ0n) is 12.0. The molecule has 0 bridgehead atoms. The first-order chi connectivity index (χ1) is 11.1. The van der Waals surface area contributed by atoms with Gasteiger partial charge in [0.2, 0.25) is 0 Å². The fraction of sp³-hybridized carbons (Fsp3) is 0.0588. The molecule has 0 aliphatic carbocycles. The van der Waals surface area contributed by atoms with Gasteiger partial charge in [0.15, 0.2) is 0 Å². The summed E-state index contributed by atoms with van der Waals surface area (Å²) in [6.07, 6.45) is 1.59. The molecule has 1 aromatic heterocycles. The first kappa shape index (κ1) is 15.4. The molecule has 0 aliphatic rings. The summed E-state index contributed by atoms with van der Waals surface area (Å²) in [5.74, 6) is -0.536. The van der Waals surface area contributed by atoms with Gasteiger partial charge in [-0.25, -0.2) is 9.07 Å². The third-order valence-corrected chi connectivity index (χ3v) is 3.85. The number of rotatable bonds is 4. The predicted molar refractivity (Wildman–Crippen MR) is 89.8 cm³/mol. The van der Waals surface area contributed by atoms with Gasteiger partial charge in [0.25, 0.3) is 5.91 Å². The highest BCUT2D eigenvalue weighted by Gasteiger charge is 2.13. The number of hydrogen-bond acceptors (Lipinski definition) is 2. The summed E-state index contributed by atoms with van der Waals surface area (Å²) in [7, 11) is 0. The number of aromatic nitrogens is 2. The fourth-order valence-electron chi connectivity index (χ4n) is 2.16. The molecule has 1 N–H and O–H groups in total. The smallest absolute Gasteiger partial charge is 0.259 e. The molecule has 3 rings (SSSR count). The molecule has 1 amide bonds. The number of anilines is 1. The summed E-state index contributed by atoms with van der Waals surface area (Å²) >= 11 is 3.39. The van der Waals surface area contributed by atoms with Gasteiger partial charge in [-0.05, 0) is 29.8 Å². The highest BCUT2D eigenvalue weighted by Crippen LogP contribution is 2.15. The van der Waals surface area contributed by atoms with Gasteiger partial charge in [-0.3, -0.25) is 4.79 Å². The normalized spacial score (nSPS) is 10.5. The first-order valence-electron chi connectivity index (χ1n) is 6.95. The van der Waals surface area contributed by atoms with Crippen LogP contribution in [0.2, 0.25) is 0 Å². The quantitative estimate of drug-likeness (QED) is 0.748. The van der Waals surface area contributed by atoms with Crippen LogP contribution in [0.15, 0.2) is 65.3 Å². The van der Waals surface area contributed by atoms with Crippen molar-refractivity contribution in [2.45, 2.75) is 6.54 Å². The second-order valence-electron chi connectivity index (χ2n) is 4.93. The van der Waals surface area contributed by atoms with Gasteiger partial charge in [-0.15, -0.1) is 0 Å². The van der Waals surface area contributed by atoms with E-state index in [1.54, 1.807) is 29.1 Å². The molecular weight excluding hydrogens is 361 g/mol. The van der Waals surface area contributed by atoms with E-state index in [0.717, 1.165) is 10.0 Å². The van der Waals surface area contributed by atoms with E-state index in [2.05, 4.69) is 26.3 Å². The standard InChI is InChI=1S/C17H13BrFN3O/c18-13-7-5-12(6-8-13)11-22-16(9-10-20-22)21-17(23)14-3-1-2-4-15(14)19/h1-10H,11H2,(H,21,23). The van der Waals surface area contributed by atoms with Crippen LogP contribution in [-0.4, -0.2) is 15.7 Å². The molecule has 0 fully saturated rings. The van der Waals surface area contributed by atoms with E-state index in [1.807, 2.05) is 24.3 Å². The maximum absolute atomic E-state index is 13.7. The molecule has 0 saturated heterocycles.